The Morgan fingerprint density at radius 2 is 1.81 bits per heavy atom. The van der Waals surface area contributed by atoms with Crippen molar-refractivity contribution in [1.82, 2.24) is 10.2 Å². The van der Waals surface area contributed by atoms with Crippen molar-refractivity contribution in [2.45, 2.75) is 65.1 Å². The zero-order valence-electron chi connectivity index (χ0n) is 13.7. The quantitative estimate of drug-likeness (QED) is 0.852. The standard InChI is InChI=1S/C19H30N2/c1-3-19(2)10-12-21(13-11-19)15-17-7-5-4-6-16(17)14-20-18-8-9-18/h4-7,18,20H,3,8-15H2,1-2H3. The van der Waals surface area contributed by atoms with Crippen molar-refractivity contribution in [3.05, 3.63) is 35.4 Å². The molecule has 2 aliphatic rings. The van der Waals surface area contributed by atoms with Crippen LogP contribution in [-0.4, -0.2) is 24.0 Å². The van der Waals surface area contributed by atoms with Gasteiger partial charge in [0.15, 0.2) is 0 Å². The van der Waals surface area contributed by atoms with Crippen molar-refractivity contribution in [1.29, 1.82) is 0 Å². The molecule has 0 radical (unpaired) electrons. The molecule has 2 nitrogen and oxygen atoms in total. The Morgan fingerprint density at radius 3 is 2.43 bits per heavy atom. The molecule has 2 fully saturated rings. The Bertz CT molecular complexity index is 456. The number of benzene rings is 1. The van der Waals surface area contributed by atoms with Crippen molar-refractivity contribution in [3.63, 3.8) is 0 Å². The first-order chi connectivity index (χ1) is 10.2. The van der Waals surface area contributed by atoms with Crippen LogP contribution in [0.2, 0.25) is 0 Å². The molecule has 1 N–H and O–H groups in total. The summed E-state index contributed by atoms with van der Waals surface area (Å²) in [7, 11) is 0. The lowest BCUT2D eigenvalue weighted by Gasteiger charge is -2.39. The number of nitrogens with one attached hydrogen (secondary N) is 1. The van der Waals surface area contributed by atoms with Crippen LogP contribution in [0.3, 0.4) is 0 Å². The van der Waals surface area contributed by atoms with Gasteiger partial charge in [0, 0.05) is 19.1 Å². The molecule has 1 heterocycles. The second-order valence-electron chi connectivity index (χ2n) is 7.36. The third kappa shape index (κ3) is 4.08. The fourth-order valence-electron chi connectivity index (χ4n) is 3.27. The first-order valence-electron chi connectivity index (χ1n) is 8.71. The molecule has 0 bridgehead atoms. The summed E-state index contributed by atoms with van der Waals surface area (Å²) in [6, 6.07) is 9.77. The van der Waals surface area contributed by atoms with Gasteiger partial charge in [0.1, 0.15) is 0 Å². The summed E-state index contributed by atoms with van der Waals surface area (Å²) < 4.78 is 0. The molecule has 1 saturated heterocycles. The molecular formula is C19H30N2. The van der Waals surface area contributed by atoms with Crippen molar-refractivity contribution in [3.8, 4) is 0 Å². The van der Waals surface area contributed by atoms with Crippen molar-refractivity contribution >= 4 is 0 Å². The van der Waals surface area contributed by atoms with Crippen LogP contribution >= 0.6 is 0 Å². The van der Waals surface area contributed by atoms with Gasteiger partial charge >= 0.3 is 0 Å². The summed E-state index contributed by atoms with van der Waals surface area (Å²) in [4.78, 5) is 2.65. The van der Waals surface area contributed by atoms with Gasteiger partial charge < -0.3 is 5.32 Å². The molecule has 1 aliphatic carbocycles. The lowest BCUT2D eigenvalue weighted by molar-refractivity contribution is 0.109. The van der Waals surface area contributed by atoms with Gasteiger partial charge in [-0.1, -0.05) is 44.5 Å². The van der Waals surface area contributed by atoms with Gasteiger partial charge in [0.2, 0.25) is 0 Å². The molecule has 21 heavy (non-hydrogen) atoms. The largest absolute Gasteiger partial charge is 0.310 e. The number of nitrogens with zero attached hydrogens (tertiary/aromatic N) is 1. The minimum Gasteiger partial charge on any atom is -0.310 e. The van der Waals surface area contributed by atoms with Gasteiger partial charge in [0.05, 0.1) is 0 Å². The SMILES string of the molecule is CCC1(C)CCN(Cc2ccccc2CNC2CC2)CC1. The molecule has 1 aromatic rings. The highest BCUT2D eigenvalue weighted by atomic mass is 15.1. The Kier molecular flexibility index (Phi) is 4.66. The lowest BCUT2D eigenvalue weighted by atomic mass is 9.78. The van der Waals surface area contributed by atoms with E-state index in [2.05, 4.69) is 48.3 Å². The maximum absolute atomic E-state index is 3.65. The van der Waals surface area contributed by atoms with E-state index in [4.69, 9.17) is 0 Å². The molecule has 3 rings (SSSR count). The highest BCUT2D eigenvalue weighted by Gasteiger charge is 2.28. The summed E-state index contributed by atoms with van der Waals surface area (Å²) in [5.41, 5.74) is 3.60. The topological polar surface area (TPSA) is 15.3 Å². The minimum absolute atomic E-state index is 0.587. The van der Waals surface area contributed by atoms with Crippen LogP contribution in [0.5, 0.6) is 0 Å². The fourth-order valence-corrected chi connectivity index (χ4v) is 3.27. The second kappa shape index (κ2) is 6.50. The molecule has 0 amide bonds. The second-order valence-corrected chi connectivity index (χ2v) is 7.36. The number of hydrogen-bond donors (Lipinski definition) is 1. The van der Waals surface area contributed by atoms with E-state index >= 15 is 0 Å². The monoisotopic (exact) mass is 286 g/mol. The Labute approximate surface area is 129 Å². The molecule has 116 valence electrons. The van der Waals surface area contributed by atoms with E-state index in [0.29, 0.717) is 5.41 Å². The number of piperidine rings is 1. The highest BCUT2D eigenvalue weighted by molar-refractivity contribution is 5.27. The first kappa shape index (κ1) is 15.1. The molecule has 1 saturated carbocycles. The number of hydrogen-bond acceptors (Lipinski definition) is 2. The Balaban J connectivity index is 1.57. The van der Waals surface area contributed by atoms with Crippen LogP contribution in [0.15, 0.2) is 24.3 Å². The smallest absolute Gasteiger partial charge is 0.0236 e. The molecule has 1 aromatic carbocycles. The average Bonchev–Trinajstić information content (AvgIpc) is 3.33. The van der Waals surface area contributed by atoms with Crippen LogP contribution < -0.4 is 5.32 Å². The fraction of sp³-hybridized carbons (Fsp3) is 0.684. The lowest BCUT2D eigenvalue weighted by Crippen LogP contribution is -2.38. The molecular weight excluding hydrogens is 256 g/mol. The van der Waals surface area contributed by atoms with Gasteiger partial charge in [-0.15, -0.1) is 0 Å². The molecule has 0 spiro atoms. The molecule has 0 unspecified atom stereocenters. The predicted molar refractivity (Wildman–Crippen MR) is 89.2 cm³/mol. The summed E-state index contributed by atoms with van der Waals surface area (Å²) >= 11 is 0. The van der Waals surface area contributed by atoms with Crippen LogP contribution in [0, 0.1) is 5.41 Å². The molecule has 0 aromatic heterocycles. The average molecular weight is 286 g/mol. The maximum atomic E-state index is 3.65. The van der Waals surface area contributed by atoms with E-state index in [-0.39, 0.29) is 0 Å². The summed E-state index contributed by atoms with van der Waals surface area (Å²) in [6.45, 7) is 9.49. The molecule has 2 heteroatoms. The predicted octanol–water partition coefficient (Wildman–Crippen LogP) is 3.95. The molecule has 1 aliphatic heterocycles. The highest BCUT2D eigenvalue weighted by Crippen LogP contribution is 2.34. The van der Waals surface area contributed by atoms with Gasteiger partial charge in [0.25, 0.3) is 0 Å². The zero-order chi connectivity index (χ0) is 14.7. The third-order valence-corrected chi connectivity index (χ3v) is 5.59. The van der Waals surface area contributed by atoms with Gasteiger partial charge in [-0.05, 0) is 55.3 Å². The third-order valence-electron chi connectivity index (χ3n) is 5.59. The van der Waals surface area contributed by atoms with E-state index < -0.39 is 0 Å². The van der Waals surface area contributed by atoms with E-state index in [1.807, 2.05) is 0 Å². The molecule has 0 atom stereocenters. The van der Waals surface area contributed by atoms with Gasteiger partial charge in [-0.3, -0.25) is 4.90 Å². The van der Waals surface area contributed by atoms with E-state index in [1.54, 1.807) is 0 Å². The Hall–Kier alpha value is -0.860. The van der Waals surface area contributed by atoms with Gasteiger partial charge in [-0.25, -0.2) is 0 Å². The van der Waals surface area contributed by atoms with E-state index in [0.717, 1.165) is 19.1 Å². The normalized spacial score (nSPS) is 22.4. The summed E-state index contributed by atoms with van der Waals surface area (Å²) in [5.74, 6) is 0. The van der Waals surface area contributed by atoms with Crippen molar-refractivity contribution in [2.75, 3.05) is 13.1 Å². The summed E-state index contributed by atoms with van der Waals surface area (Å²) in [6.07, 6.45) is 6.76. The van der Waals surface area contributed by atoms with E-state index in [1.165, 1.54) is 56.3 Å². The number of likely N-dealkylation sites (tertiary alicyclic amines) is 1. The van der Waals surface area contributed by atoms with Gasteiger partial charge in [-0.2, -0.15) is 0 Å². The van der Waals surface area contributed by atoms with Crippen LogP contribution in [-0.2, 0) is 13.1 Å². The van der Waals surface area contributed by atoms with Crippen LogP contribution in [0.1, 0.15) is 57.1 Å². The first-order valence-corrected chi connectivity index (χ1v) is 8.71. The maximum Gasteiger partial charge on any atom is 0.0236 e. The van der Waals surface area contributed by atoms with E-state index in [9.17, 15) is 0 Å². The zero-order valence-corrected chi connectivity index (χ0v) is 13.7. The van der Waals surface area contributed by atoms with Crippen molar-refractivity contribution < 1.29 is 0 Å². The Morgan fingerprint density at radius 1 is 1.14 bits per heavy atom. The van der Waals surface area contributed by atoms with Crippen molar-refractivity contribution in [2.24, 2.45) is 5.41 Å². The minimum atomic E-state index is 0.587. The van der Waals surface area contributed by atoms with Crippen LogP contribution in [0.25, 0.3) is 0 Å². The van der Waals surface area contributed by atoms with Crippen LogP contribution in [0.4, 0.5) is 0 Å². The summed E-state index contributed by atoms with van der Waals surface area (Å²) in [5, 5.41) is 3.65. The number of rotatable bonds is 6.